The van der Waals surface area contributed by atoms with E-state index in [2.05, 4.69) is 10.2 Å². The minimum atomic E-state index is -0.0761. The Kier molecular flexibility index (Phi) is 4.95. The van der Waals surface area contributed by atoms with Gasteiger partial charge >= 0.3 is 0 Å². The summed E-state index contributed by atoms with van der Waals surface area (Å²) in [5.74, 6) is 1.50. The van der Waals surface area contributed by atoms with E-state index in [-0.39, 0.29) is 23.2 Å². The lowest BCUT2D eigenvalue weighted by Gasteiger charge is -2.36. The highest BCUT2D eigenvalue weighted by atomic mass is 35.5. The Hall–Kier alpha value is -1.92. The van der Waals surface area contributed by atoms with Crippen LogP contribution in [0.3, 0.4) is 0 Å². The van der Waals surface area contributed by atoms with E-state index in [4.69, 9.17) is 20.8 Å². The molecule has 0 unspecified atom stereocenters. The highest BCUT2D eigenvalue weighted by Crippen LogP contribution is 2.49. The third-order valence-corrected chi connectivity index (χ3v) is 5.98. The van der Waals surface area contributed by atoms with Crippen molar-refractivity contribution in [3.8, 4) is 0 Å². The molecule has 0 aliphatic carbocycles. The van der Waals surface area contributed by atoms with Gasteiger partial charge in [-0.05, 0) is 31.0 Å². The molecule has 2 aromatic rings. The van der Waals surface area contributed by atoms with Crippen molar-refractivity contribution in [3.05, 3.63) is 46.6 Å². The second kappa shape index (κ2) is 7.24. The summed E-state index contributed by atoms with van der Waals surface area (Å²) in [5.41, 5.74) is 0.534. The predicted octanol–water partition coefficient (Wildman–Crippen LogP) is 3.88. The maximum Gasteiger partial charge on any atom is 0.253 e. The Labute approximate surface area is 163 Å². The summed E-state index contributed by atoms with van der Waals surface area (Å²) in [7, 11) is 0. The van der Waals surface area contributed by atoms with Crippen molar-refractivity contribution in [1.82, 2.24) is 15.1 Å². The van der Waals surface area contributed by atoms with Crippen LogP contribution in [0, 0.1) is 5.41 Å². The first kappa shape index (κ1) is 18.4. The van der Waals surface area contributed by atoms with Crippen LogP contribution in [-0.2, 0) is 4.74 Å². The van der Waals surface area contributed by atoms with Gasteiger partial charge in [-0.3, -0.25) is 4.79 Å². The van der Waals surface area contributed by atoms with Gasteiger partial charge in [0.25, 0.3) is 5.91 Å². The van der Waals surface area contributed by atoms with Crippen molar-refractivity contribution in [2.75, 3.05) is 26.3 Å². The molecule has 1 aromatic carbocycles. The number of halogens is 1. The maximum absolute atomic E-state index is 13.1. The zero-order valence-corrected chi connectivity index (χ0v) is 16.4. The number of ether oxygens (including phenoxy) is 1. The molecule has 2 aliphatic heterocycles. The second-order valence-corrected chi connectivity index (χ2v) is 8.29. The summed E-state index contributed by atoms with van der Waals surface area (Å²) in [4.78, 5) is 15.0. The summed E-state index contributed by atoms with van der Waals surface area (Å²) < 4.78 is 11.6. The van der Waals surface area contributed by atoms with E-state index in [9.17, 15) is 4.79 Å². The molecule has 7 heteroatoms. The molecule has 1 atom stereocenters. The van der Waals surface area contributed by atoms with Crippen molar-refractivity contribution in [2.24, 2.45) is 5.41 Å². The van der Waals surface area contributed by atoms with E-state index < -0.39 is 0 Å². The van der Waals surface area contributed by atoms with Crippen LogP contribution in [-0.4, -0.2) is 47.3 Å². The van der Waals surface area contributed by atoms with Crippen molar-refractivity contribution < 1.29 is 13.9 Å². The summed E-state index contributed by atoms with van der Waals surface area (Å²) >= 11 is 6.07. The van der Waals surface area contributed by atoms with Crippen molar-refractivity contribution in [3.63, 3.8) is 0 Å². The molecular weight excluding hydrogens is 366 g/mol. The molecule has 2 fully saturated rings. The van der Waals surface area contributed by atoms with E-state index in [0.717, 1.165) is 12.8 Å². The number of carbonyl (C=O) groups excluding carboxylic acids is 1. The van der Waals surface area contributed by atoms with Crippen LogP contribution in [0.2, 0.25) is 5.02 Å². The van der Waals surface area contributed by atoms with Crippen molar-refractivity contribution in [2.45, 2.75) is 38.5 Å². The lowest BCUT2D eigenvalue weighted by atomic mass is 9.72. The lowest BCUT2D eigenvalue weighted by molar-refractivity contribution is 0.00888. The molecular formula is C20H24ClN3O3. The molecule has 0 N–H and O–H groups in total. The molecule has 4 rings (SSSR count). The first-order valence-corrected chi connectivity index (χ1v) is 9.82. The van der Waals surface area contributed by atoms with Crippen LogP contribution >= 0.6 is 11.6 Å². The maximum atomic E-state index is 13.1. The topological polar surface area (TPSA) is 68.5 Å². The Morgan fingerprint density at radius 2 is 2.07 bits per heavy atom. The summed E-state index contributed by atoms with van der Waals surface area (Å²) in [6.07, 6.45) is 1.77. The third-order valence-electron chi connectivity index (χ3n) is 5.74. The molecule has 0 saturated carbocycles. The molecule has 2 aliphatic rings. The summed E-state index contributed by atoms with van der Waals surface area (Å²) in [5, 5.41) is 9.11. The average Bonchev–Trinajstić information content (AvgIpc) is 3.27. The Balaban J connectivity index is 1.64. The summed E-state index contributed by atoms with van der Waals surface area (Å²) in [6, 6.07) is 7.11. The average molecular weight is 390 g/mol. The van der Waals surface area contributed by atoms with Crippen LogP contribution in [0.5, 0.6) is 0 Å². The molecule has 1 spiro atoms. The molecule has 2 saturated heterocycles. The Morgan fingerprint density at radius 3 is 2.74 bits per heavy atom. The van der Waals surface area contributed by atoms with Crippen LogP contribution in [0.1, 0.15) is 60.7 Å². The number of amides is 1. The smallest absolute Gasteiger partial charge is 0.253 e. The van der Waals surface area contributed by atoms with Gasteiger partial charge in [0.1, 0.15) is 0 Å². The quantitative estimate of drug-likeness (QED) is 0.796. The van der Waals surface area contributed by atoms with E-state index in [1.54, 1.807) is 18.2 Å². The number of hydrogen-bond acceptors (Lipinski definition) is 5. The minimum absolute atomic E-state index is 0.00512. The first-order valence-electron chi connectivity index (χ1n) is 9.44. The predicted molar refractivity (Wildman–Crippen MR) is 101 cm³/mol. The molecule has 3 heterocycles. The fourth-order valence-corrected chi connectivity index (χ4v) is 4.36. The van der Waals surface area contributed by atoms with Crippen LogP contribution in [0.4, 0.5) is 0 Å². The molecule has 27 heavy (non-hydrogen) atoms. The standard InChI is InChI=1S/C20H24ClN3O3/c1-13(2)17-22-23-18(27-17)16-11-24(12-20(16)6-8-26-9-7-20)19(25)14-4-3-5-15(21)10-14/h3-5,10,13,16H,6-9,11-12H2,1-2H3/t16-/m1/s1. The van der Waals surface area contributed by atoms with E-state index in [1.807, 2.05) is 24.8 Å². The molecule has 144 valence electrons. The number of hydrogen-bond donors (Lipinski definition) is 0. The van der Waals surface area contributed by atoms with E-state index in [0.29, 0.717) is 48.7 Å². The van der Waals surface area contributed by atoms with Crippen LogP contribution in [0.25, 0.3) is 0 Å². The van der Waals surface area contributed by atoms with Gasteiger partial charge in [-0.1, -0.05) is 31.5 Å². The minimum Gasteiger partial charge on any atom is -0.425 e. The largest absolute Gasteiger partial charge is 0.425 e. The summed E-state index contributed by atoms with van der Waals surface area (Å²) in [6.45, 7) is 6.70. The molecule has 1 amide bonds. The third kappa shape index (κ3) is 3.48. The Morgan fingerprint density at radius 1 is 1.30 bits per heavy atom. The van der Waals surface area contributed by atoms with E-state index >= 15 is 0 Å². The van der Waals surface area contributed by atoms with Crippen LogP contribution in [0.15, 0.2) is 28.7 Å². The monoisotopic (exact) mass is 389 g/mol. The van der Waals surface area contributed by atoms with Gasteiger partial charge in [0.15, 0.2) is 0 Å². The van der Waals surface area contributed by atoms with Gasteiger partial charge in [-0.2, -0.15) is 0 Å². The van der Waals surface area contributed by atoms with Crippen molar-refractivity contribution in [1.29, 1.82) is 0 Å². The van der Waals surface area contributed by atoms with Gasteiger partial charge in [-0.25, -0.2) is 0 Å². The van der Waals surface area contributed by atoms with Gasteiger partial charge in [-0.15, -0.1) is 10.2 Å². The SMILES string of the molecule is CC(C)c1nnc([C@H]2CN(C(=O)c3cccc(Cl)c3)CC23CCOCC3)o1. The number of nitrogens with zero attached hydrogens (tertiary/aromatic N) is 3. The number of likely N-dealkylation sites (tertiary alicyclic amines) is 1. The van der Waals surface area contributed by atoms with E-state index in [1.165, 1.54) is 0 Å². The number of rotatable bonds is 3. The Bertz CT molecular complexity index is 829. The first-order chi connectivity index (χ1) is 13.0. The van der Waals surface area contributed by atoms with Gasteiger partial charge in [0, 0.05) is 48.2 Å². The number of aromatic nitrogens is 2. The molecule has 0 radical (unpaired) electrons. The molecule has 6 nitrogen and oxygen atoms in total. The molecule has 1 aromatic heterocycles. The lowest BCUT2D eigenvalue weighted by Crippen LogP contribution is -2.37. The zero-order valence-electron chi connectivity index (χ0n) is 15.7. The fourth-order valence-electron chi connectivity index (χ4n) is 4.17. The highest BCUT2D eigenvalue weighted by Gasteiger charge is 2.51. The van der Waals surface area contributed by atoms with Gasteiger partial charge < -0.3 is 14.1 Å². The van der Waals surface area contributed by atoms with Gasteiger partial charge in [0.05, 0.1) is 5.92 Å². The highest BCUT2D eigenvalue weighted by molar-refractivity contribution is 6.30. The molecule has 0 bridgehead atoms. The second-order valence-electron chi connectivity index (χ2n) is 7.86. The normalized spacial score (nSPS) is 21.9. The van der Waals surface area contributed by atoms with Crippen molar-refractivity contribution >= 4 is 17.5 Å². The van der Waals surface area contributed by atoms with Crippen LogP contribution < -0.4 is 0 Å². The zero-order chi connectivity index (χ0) is 19.0. The van der Waals surface area contributed by atoms with Gasteiger partial charge in [0.2, 0.25) is 11.8 Å². The number of carbonyl (C=O) groups is 1. The fraction of sp³-hybridized carbons (Fsp3) is 0.550. The number of benzene rings is 1.